The van der Waals surface area contributed by atoms with Crippen LogP contribution in [0, 0.1) is 0 Å². The van der Waals surface area contributed by atoms with Gasteiger partial charge in [0.25, 0.3) is 5.91 Å². The molecule has 0 spiro atoms. The van der Waals surface area contributed by atoms with E-state index in [-0.39, 0.29) is 23.4 Å². The summed E-state index contributed by atoms with van der Waals surface area (Å²) in [6.45, 7) is 0.280. The summed E-state index contributed by atoms with van der Waals surface area (Å²) in [7, 11) is -3.68. The molecule has 0 unspecified atom stereocenters. The molecule has 3 aromatic rings. The van der Waals surface area contributed by atoms with Crippen LogP contribution in [0.25, 0.3) is 10.9 Å². The largest absolute Gasteiger partial charge is 0.361 e. The van der Waals surface area contributed by atoms with Crippen LogP contribution < -0.4 is 10.0 Å². The first-order valence-corrected chi connectivity index (χ1v) is 10.5. The molecule has 3 N–H and O–H groups in total. The number of aromatic nitrogens is 1. The van der Waals surface area contributed by atoms with Crippen molar-refractivity contribution in [2.24, 2.45) is 0 Å². The first kappa shape index (κ1) is 17.8. The van der Waals surface area contributed by atoms with Crippen molar-refractivity contribution >= 4 is 26.8 Å². The number of para-hydroxylation sites is 1. The first-order chi connectivity index (χ1) is 13.0. The number of carbonyl (C=O) groups excluding carboxylic acids is 1. The normalized spacial score (nSPS) is 14.4. The third kappa shape index (κ3) is 4.04. The quantitative estimate of drug-likeness (QED) is 0.586. The molecule has 1 aliphatic carbocycles. The van der Waals surface area contributed by atoms with E-state index in [2.05, 4.69) is 15.0 Å². The molecule has 27 heavy (non-hydrogen) atoms. The van der Waals surface area contributed by atoms with Crippen molar-refractivity contribution in [1.29, 1.82) is 0 Å². The van der Waals surface area contributed by atoms with Crippen molar-refractivity contribution in [3.63, 3.8) is 0 Å². The third-order valence-corrected chi connectivity index (χ3v) is 6.14. The number of benzene rings is 2. The topological polar surface area (TPSA) is 91.1 Å². The Kier molecular flexibility index (Phi) is 4.72. The zero-order valence-electron chi connectivity index (χ0n) is 14.7. The Labute approximate surface area is 158 Å². The summed E-state index contributed by atoms with van der Waals surface area (Å²) in [5, 5.41) is 3.96. The lowest BCUT2D eigenvalue weighted by Crippen LogP contribution is -2.28. The third-order valence-electron chi connectivity index (χ3n) is 4.68. The maximum Gasteiger partial charge on any atom is 0.251 e. The van der Waals surface area contributed by atoms with Gasteiger partial charge in [-0.1, -0.05) is 24.3 Å². The molecule has 7 heteroatoms. The number of aromatic amines is 1. The SMILES string of the molecule is O=C(NC1CC1)c1cccc(S(=O)(=O)NCCc2c[nH]c3ccccc23)c1. The molecule has 6 nitrogen and oxygen atoms in total. The Bertz CT molecular complexity index is 1080. The van der Waals surface area contributed by atoms with Gasteiger partial charge in [-0.25, -0.2) is 13.1 Å². The first-order valence-electron chi connectivity index (χ1n) is 8.98. The van der Waals surface area contributed by atoms with Crippen LogP contribution in [0.3, 0.4) is 0 Å². The average Bonchev–Trinajstić information content (AvgIpc) is 3.40. The van der Waals surface area contributed by atoms with Crippen LogP contribution in [-0.2, 0) is 16.4 Å². The van der Waals surface area contributed by atoms with E-state index in [0.29, 0.717) is 12.0 Å². The molecule has 0 radical (unpaired) electrons. The van der Waals surface area contributed by atoms with Crippen LogP contribution in [0.15, 0.2) is 59.6 Å². The van der Waals surface area contributed by atoms with Gasteiger partial charge < -0.3 is 10.3 Å². The fraction of sp³-hybridized carbons (Fsp3) is 0.250. The van der Waals surface area contributed by atoms with Crippen LogP contribution >= 0.6 is 0 Å². The number of H-pyrrole nitrogens is 1. The van der Waals surface area contributed by atoms with Crippen molar-refractivity contribution < 1.29 is 13.2 Å². The van der Waals surface area contributed by atoms with E-state index in [9.17, 15) is 13.2 Å². The molecule has 1 saturated carbocycles. The predicted molar refractivity (Wildman–Crippen MR) is 104 cm³/mol. The van der Waals surface area contributed by atoms with Crippen LogP contribution in [0.4, 0.5) is 0 Å². The number of hydrogen-bond acceptors (Lipinski definition) is 3. The van der Waals surface area contributed by atoms with Gasteiger partial charge in [0, 0.05) is 35.2 Å². The Balaban J connectivity index is 1.43. The summed E-state index contributed by atoms with van der Waals surface area (Å²) in [5.41, 5.74) is 2.46. The minimum absolute atomic E-state index is 0.102. The van der Waals surface area contributed by atoms with E-state index in [1.54, 1.807) is 12.1 Å². The lowest BCUT2D eigenvalue weighted by atomic mass is 10.1. The van der Waals surface area contributed by atoms with Gasteiger partial charge in [0.2, 0.25) is 10.0 Å². The zero-order valence-corrected chi connectivity index (χ0v) is 15.6. The van der Waals surface area contributed by atoms with Gasteiger partial charge in [-0.3, -0.25) is 4.79 Å². The highest BCUT2D eigenvalue weighted by atomic mass is 32.2. The highest BCUT2D eigenvalue weighted by Crippen LogP contribution is 2.20. The van der Waals surface area contributed by atoms with Crippen LogP contribution in [0.2, 0.25) is 0 Å². The number of amides is 1. The average molecular weight is 383 g/mol. The fourth-order valence-electron chi connectivity index (χ4n) is 3.04. The van der Waals surface area contributed by atoms with Crippen molar-refractivity contribution in [2.75, 3.05) is 6.54 Å². The maximum atomic E-state index is 12.6. The van der Waals surface area contributed by atoms with Gasteiger partial charge in [0.1, 0.15) is 0 Å². The molecule has 1 aromatic heterocycles. The second-order valence-electron chi connectivity index (χ2n) is 6.78. The lowest BCUT2D eigenvalue weighted by Gasteiger charge is -2.09. The van der Waals surface area contributed by atoms with E-state index < -0.39 is 10.0 Å². The number of rotatable bonds is 7. The molecule has 0 bridgehead atoms. The number of nitrogens with one attached hydrogen (secondary N) is 3. The predicted octanol–water partition coefficient (Wildman–Crippen LogP) is 2.58. The second-order valence-corrected chi connectivity index (χ2v) is 8.55. The van der Waals surface area contributed by atoms with E-state index in [1.165, 1.54) is 12.1 Å². The van der Waals surface area contributed by atoms with E-state index in [4.69, 9.17) is 0 Å². The molecule has 1 aliphatic rings. The second kappa shape index (κ2) is 7.17. The molecule has 140 valence electrons. The van der Waals surface area contributed by atoms with Crippen LogP contribution in [-0.4, -0.2) is 31.9 Å². The molecule has 0 aliphatic heterocycles. The summed E-state index contributed by atoms with van der Waals surface area (Å²) < 4.78 is 27.8. The van der Waals surface area contributed by atoms with Gasteiger partial charge in [-0.05, 0) is 49.1 Å². The van der Waals surface area contributed by atoms with Crippen molar-refractivity contribution in [2.45, 2.75) is 30.2 Å². The van der Waals surface area contributed by atoms with Gasteiger partial charge in [0.15, 0.2) is 0 Å². The summed E-state index contributed by atoms with van der Waals surface area (Å²) in [6, 6.07) is 14.3. The Morgan fingerprint density at radius 1 is 1.11 bits per heavy atom. The minimum Gasteiger partial charge on any atom is -0.361 e. The molecule has 1 heterocycles. The molecule has 1 amide bonds. The van der Waals surface area contributed by atoms with Crippen LogP contribution in [0.5, 0.6) is 0 Å². The molecular weight excluding hydrogens is 362 g/mol. The summed E-state index contributed by atoms with van der Waals surface area (Å²) in [4.78, 5) is 15.4. The summed E-state index contributed by atoms with van der Waals surface area (Å²) >= 11 is 0. The van der Waals surface area contributed by atoms with E-state index >= 15 is 0 Å². The monoisotopic (exact) mass is 383 g/mol. The zero-order chi connectivity index (χ0) is 18.9. The molecule has 0 atom stereocenters. The van der Waals surface area contributed by atoms with E-state index in [1.807, 2.05) is 30.5 Å². The van der Waals surface area contributed by atoms with E-state index in [0.717, 1.165) is 29.3 Å². The molecule has 0 saturated heterocycles. The summed E-state index contributed by atoms with van der Waals surface area (Å²) in [5.74, 6) is -0.228. The standard InChI is InChI=1S/C20H21N3O3S/c24-20(23-16-8-9-16)14-4-3-5-17(12-14)27(25,26)22-11-10-15-13-21-19-7-2-1-6-18(15)19/h1-7,12-13,16,21-22H,8-11H2,(H,23,24). The van der Waals surface area contributed by atoms with Crippen molar-refractivity contribution in [3.8, 4) is 0 Å². The minimum atomic E-state index is -3.68. The summed E-state index contributed by atoms with van der Waals surface area (Å²) in [6.07, 6.45) is 4.45. The number of hydrogen-bond donors (Lipinski definition) is 3. The molecule has 1 fully saturated rings. The highest BCUT2D eigenvalue weighted by molar-refractivity contribution is 7.89. The fourth-order valence-corrected chi connectivity index (χ4v) is 4.12. The Morgan fingerprint density at radius 3 is 2.74 bits per heavy atom. The lowest BCUT2D eigenvalue weighted by molar-refractivity contribution is 0.0951. The Morgan fingerprint density at radius 2 is 1.93 bits per heavy atom. The van der Waals surface area contributed by atoms with Gasteiger partial charge in [-0.2, -0.15) is 0 Å². The number of carbonyl (C=O) groups is 1. The molecule has 4 rings (SSSR count). The molecular formula is C20H21N3O3S. The molecule has 2 aromatic carbocycles. The maximum absolute atomic E-state index is 12.6. The van der Waals surface area contributed by atoms with Gasteiger partial charge in [-0.15, -0.1) is 0 Å². The van der Waals surface area contributed by atoms with Crippen molar-refractivity contribution in [3.05, 3.63) is 65.9 Å². The highest BCUT2D eigenvalue weighted by Gasteiger charge is 2.24. The van der Waals surface area contributed by atoms with Gasteiger partial charge in [0.05, 0.1) is 4.90 Å². The Hall–Kier alpha value is -2.64. The number of sulfonamides is 1. The number of fused-ring (bicyclic) bond motifs is 1. The van der Waals surface area contributed by atoms with Crippen LogP contribution in [0.1, 0.15) is 28.8 Å². The van der Waals surface area contributed by atoms with Gasteiger partial charge >= 0.3 is 0 Å². The van der Waals surface area contributed by atoms with Crippen molar-refractivity contribution in [1.82, 2.24) is 15.0 Å². The smallest absolute Gasteiger partial charge is 0.251 e.